The van der Waals surface area contributed by atoms with E-state index in [1.165, 1.54) is 55.4 Å². The average Bonchev–Trinajstić information content (AvgIpc) is 3.86. The number of benzene rings is 7. The maximum absolute atomic E-state index is 6.49. The molecular formula is C44H25N3O. The predicted octanol–water partition coefficient (Wildman–Crippen LogP) is 10.6. The number of aromatic nitrogens is 3. The second-order valence-corrected chi connectivity index (χ2v) is 13.1. The highest BCUT2D eigenvalue weighted by Crippen LogP contribution is 2.60. The van der Waals surface area contributed by atoms with E-state index in [9.17, 15) is 0 Å². The Kier molecular flexibility index (Phi) is 4.39. The summed E-state index contributed by atoms with van der Waals surface area (Å²) < 4.78 is 11.3. The van der Waals surface area contributed by atoms with Crippen molar-refractivity contribution < 1.29 is 4.74 Å². The third-order valence-corrected chi connectivity index (χ3v) is 10.9. The van der Waals surface area contributed by atoms with Crippen LogP contribution in [0.15, 0.2) is 152 Å². The lowest BCUT2D eigenvalue weighted by Gasteiger charge is -2.27. The van der Waals surface area contributed by atoms with Crippen LogP contribution in [0, 0.1) is 0 Å². The topological polar surface area (TPSA) is 32.0 Å². The maximum atomic E-state index is 6.49. The van der Waals surface area contributed by atoms with Crippen LogP contribution >= 0.6 is 0 Å². The van der Waals surface area contributed by atoms with E-state index in [1.807, 2.05) is 12.1 Å². The molecule has 2 aromatic heterocycles. The number of rotatable bonds is 1. The largest absolute Gasteiger partial charge is 0.453 e. The minimum absolute atomic E-state index is 0.479. The van der Waals surface area contributed by atoms with Gasteiger partial charge in [0.05, 0.1) is 33.4 Å². The van der Waals surface area contributed by atoms with Gasteiger partial charge in [-0.15, -0.1) is 0 Å². The Morgan fingerprint density at radius 3 is 2.02 bits per heavy atom. The van der Waals surface area contributed by atoms with Gasteiger partial charge >= 0.3 is 0 Å². The van der Waals surface area contributed by atoms with Crippen LogP contribution < -0.4 is 4.74 Å². The number of ether oxygens (including phenoxy) is 1. The van der Waals surface area contributed by atoms with Crippen molar-refractivity contribution in [2.45, 2.75) is 5.41 Å². The minimum atomic E-state index is -0.479. The normalized spacial score (nSPS) is 14.2. The fourth-order valence-corrected chi connectivity index (χ4v) is 9.10. The van der Waals surface area contributed by atoms with Crippen LogP contribution in [0.4, 0.5) is 0 Å². The molecule has 0 saturated carbocycles. The van der Waals surface area contributed by atoms with Crippen LogP contribution in [0.25, 0.3) is 66.5 Å². The van der Waals surface area contributed by atoms with Gasteiger partial charge in [-0.05, 0) is 87.5 Å². The molecule has 12 rings (SSSR count). The van der Waals surface area contributed by atoms with Gasteiger partial charge in [-0.2, -0.15) is 0 Å². The van der Waals surface area contributed by atoms with Crippen LogP contribution in [-0.4, -0.2) is 14.1 Å². The van der Waals surface area contributed by atoms with Gasteiger partial charge in [0.1, 0.15) is 11.2 Å². The summed E-state index contributed by atoms with van der Waals surface area (Å²) in [6.45, 7) is 0. The van der Waals surface area contributed by atoms with Gasteiger partial charge in [-0.1, -0.05) is 103 Å². The zero-order chi connectivity index (χ0) is 31.1. The van der Waals surface area contributed by atoms with E-state index in [1.54, 1.807) is 0 Å². The van der Waals surface area contributed by atoms with Gasteiger partial charge in [0.2, 0.25) is 0 Å². The number of hydrogen-bond acceptors (Lipinski definition) is 2. The molecule has 48 heavy (non-hydrogen) atoms. The van der Waals surface area contributed by atoms with Crippen molar-refractivity contribution in [3.63, 3.8) is 0 Å². The van der Waals surface area contributed by atoms with Gasteiger partial charge in [0.15, 0.2) is 11.5 Å². The first kappa shape index (κ1) is 24.8. The Labute approximate surface area is 275 Å². The molecule has 1 aliphatic carbocycles. The predicted molar refractivity (Wildman–Crippen MR) is 192 cm³/mol. The van der Waals surface area contributed by atoms with E-state index in [4.69, 9.17) is 9.72 Å². The fraction of sp³-hybridized carbons (Fsp3) is 0.0227. The molecule has 0 unspecified atom stereocenters. The molecule has 0 amide bonds. The molecule has 0 atom stereocenters. The Morgan fingerprint density at radius 2 is 1.19 bits per heavy atom. The van der Waals surface area contributed by atoms with E-state index >= 15 is 0 Å². The van der Waals surface area contributed by atoms with Crippen molar-refractivity contribution in [2.24, 2.45) is 0 Å². The zero-order valence-electron chi connectivity index (χ0n) is 25.7. The summed E-state index contributed by atoms with van der Waals surface area (Å²) in [5, 5.41) is 2.41. The molecule has 3 aliphatic rings. The fourth-order valence-electron chi connectivity index (χ4n) is 9.10. The highest BCUT2D eigenvalue weighted by atomic mass is 16.5. The van der Waals surface area contributed by atoms with Gasteiger partial charge < -0.3 is 9.30 Å². The maximum Gasteiger partial charge on any atom is 0.152 e. The van der Waals surface area contributed by atoms with Crippen LogP contribution in [0.5, 0.6) is 11.5 Å². The SMILES string of the molecule is c1ccc2c(c1)Oc1ccc(-c3ccc4c(c3)nc3n4-c4ccccc4C34c3ccccc3-c3ccccc34)c3c4ccccc4n-2c13. The van der Waals surface area contributed by atoms with E-state index in [0.717, 1.165) is 45.1 Å². The Morgan fingerprint density at radius 1 is 0.500 bits per heavy atom. The van der Waals surface area contributed by atoms with Crippen molar-refractivity contribution in [3.05, 3.63) is 174 Å². The van der Waals surface area contributed by atoms with Crippen LogP contribution in [0.3, 0.4) is 0 Å². The summed E-state index contributed by atoms with van der Waals surface area (Å²) in [4.78, 5) is 5.58. The summed E-state index contributed by atoms with van der Waals surface area (Å²) in [7, 11) is 0. The average molecular weight is 612 g/mol. The first-order valence-electron chi connectivity index (χ1n) is 16.5. The molecule has 0 fully saturated rings. The molecule has 9 aromatic rings. The lowest BCUT2D eigenvalue weighted by Crippen LogP contribution is -2.27. The van der Waals surface area contributed by atoms with Crippen molar-refractivity contribution in [3.8, 4) is 45.1 Å². The quantitative estimate of drug-likeness (QED) is 0.185. The second-order valence-electron chi connectivity index (χ2n) is 13.1. The monoisotopic (exact) mass is 611 g/mol. The summed E-state index contributed by atoms with van der Waals surface area (Å²) in [6.07, 6.45) is 0. The first-order chi connectivity index (χ1) is 23.8. The molecular weight excluding hydrogens is 587 g/mol. The number of imidazole rings is 1. The van der Waals surface area contributed by atoms with Crippen LogP contribution in [0.2, 0.25) is 0 Å². The standard InChI is InChI=1S/C44H25N3O/c1-4-14-31-28(11-1)29-12-2-5-15-32(29)44(31)33-16-6-8-18-36(33)47-37-23-21-26(25-34(37)45-43(44)47)27-22-24-40-42-41(27)30-13-3-7-17-35(30)46(42)38-19-9-10-20-39(38)48-40/h1-25H. The van der Waals surface area contributed by atoms with Gasteiger partial charge in [0.25, 0.3) is 0 Å². The summed E-state index contributed by atoms with van der Waals surface area (Å²) in [5.41, 5.74) is 14.9. The highest BCUT2D eigenvalue weighted by molar-refractivity contribution is 6.18. The van der Waals surface area contributed by atoms with Crippen molar-refractivity contribution in [1.82, 2.24) is 14.1 Å². The molecule has 0 bridgehead atoms. The number of nitrogens with zero attached hydrogens (tertiary/aromatic N) is 3. The molecule has 4 heteroatoms. The smallest absolute Gasteiger partial charge is 0.152 e. The Bertz CT molecular complexity index is 2840. The second kappa shape index (κ2) is 8.49. The van der Waals surface area contributed by atoms with Gasteiger partial charge in [-0.25, -0.2) is 4.98 Å². The number of fused-ring (bicyclic) bond motifs is 17. The van der Waals surface area contributed by atoms with E-state index in [0.29, 0.717) is 0 Å². The van der Waals surface area contributed by atoms with Crippen LogP contribution in [-0.2, 0) is 5.41 Å². The van der Waals surface area contributed by atoms with Crippen molar-refractivity contribution >= 4 is 32.8 Å². The third kappa shape index (κ3) is 2.75. The third-order valence-electron chi connectivity index (χ3n) is 10.9. The first-order valence-corrected chi connectivity index (χ1v) is 16.5. The van der Waals surface area contributed by atoms with E-state index < -0.39 is 5.41 Å². The summed E-state index contributed by atoms with van der Waals surface area (Å²) >= 11 is 0. The van der Waals surface area contributed by atoms with E-state index in [-0.39, 0.29) is 0 Å². The van der Waals surface area contributed by atoms with Crippen molar-refractivity contribution in [2.75, 3.05) is 0 Å². The molecule has 4 nitrogen and oxygen atoms in total. The minimum Gasteiger partial charge on any atom is -0.453 e. The molecule has 0 saturated heterocycles. The molecule has 7 aromatic carbocycles. The lowest BCUT2D eigenvalue weighted by molar-refractivity contribution is 0.476. The Balaban J connectivity index is 1.15. The molecule has 2 aliphatic heterocycles. The molecule has 4 heterocycles. The van der Waals surface area contributed by atoms with E-state index in [2.05, 4.69) is 149 Å². The lowest BCUT2D eigenvalue weighted by atomic mass is 9.73. The highest BCUT2D eigenvalue weighted by Gasteiger charge is 2.54. The number of para-hydroxylation sites is 4. The van der Waals surface area contributed by atoms with Crippen LogP contribution in [0.1, 0.15) is 22.5 Å². The van der Waals surface area contributed by atoms with Gasteiger partial charge in [0, 0.05) is 10.8 Å². The van der Waals surface area contributed by atoms with Gasteiger partial charge in [-0.3, -0.25) is 4.57 Å². The number of hydrogen-bond donors (Lipinski definition) is 0. The molecule has 1 spiro atoms. The van der Waals surface area contributed by atoms with Crippen molar-refractivity contribution in [1.29, 1.82) is 0 Å². The zero-order valence-corrected chi connectivity index (χ0v) is 25.7. The summed E-state index contributed by atoms with van der Waals surface area (Å²) in [6, 6.07) is 54.7. The summed E-state index contributed by atoms with van der Waals surface area (Å²) in [5.74, 6) is 2.81. The molecule has 0 N–H and O–H groups in total. The Hall–Kier alpha value is -6.39. The molecule has 0 radical (unpaired) electrons. The molecule has 222 valence electrons.